The molecule has 0 radical (unpaired) electrons. The molecule has 0 saturated heterocycles. The molecule has 0 amide bonds. The molecule has 0 unspecified atom stereocenters. The van der Waals surface area contributed by atoms with Gasteiger partial charge in [0, 0.05) is 0 Å². The zero-order valence-corrected chi connectivity index (χ0v) is 17.5. The molecule has 0 atom stereocenters. The van der Waals surface area contributed by atoms with E-state index in [9.17, 15) is 22.8 Å². The first-order valence-electron chi connectivity index (χ1n) is 10.1. The highest BCUT2D eigenvalue weighted by Crippen LogP contribution is 2.39. The van der Waals surface area contributed by atoms with Crippen LogP contribution in [0, 0.1) is 0 Å². The maximum atomic E-state index is 13.5. The first-order chi connectivity index (χ1) is 14.8. The van der Waals surface area contributed by atoms with E-state index in [1.165, 1.54) is 30.3 Å². The zero-order valence-electron chi connectivity index (χ0n) is 17.5. The van der Waals surface area contributed by atoms with Crippen LogP contribution in [0.25, 0.3) is 0 Å². The van der Waals surface area contributed by atoms with Gasteiger partial charge in [-0.25, -0.2) is 9.59 Å². The van der Waals surface area contributed by atoms with Gasteiger partial charge in [-0.3, -0.25) is 0 Å². The van der Waals surface area contributed by atoms with E-state index >= 15 is 0 Å². The molecule has 0 saturated carbocycles. The summed E-state index contributed by atoms with van der Waals surface area (Å²) in [5.41, 5.74) is -1.04. The lowest BCUT2D eigenvalue weighted by atomic mass is 10.1. The van der Waals surface area contributed by atoms with Crippen LogP contribution in [0.4, 0.5) is 13.2 Å². The van der Waals surface area contributed by atoms with Crippen molar-refractivity contribution in [2.24, 2.45) is 0 Å². The van der Waals surface area contributed by atoms with Crippen LogP contribution in [0.1, 0.15) is 65.8 Å². The third kappa shape index (κ3) is 7.31. The van der Waals surface area contributed by atoms with Crippen molar-refractivity contribution in [1.82, 2.24) is 0 Å². The van der Waals surface area contributed by atoms with Crippen LogP contribution in [-0.4, -0.2) is 25.2 Å². The number of halogens is 3. The van der Waals surface area contributed by atoms with E-state index in [0.717, 1.165) is 25.3 Å². The summed E-state index contributed by atoms with van der Waals surface area (Å²) in [6, 6.07) is 8.59. The second kappa shape index (κ2) is 11.4. The van der Waals surface area contributed by atoms with Gasteiger partial charge in [-0.2, -0.15) is 13.2 Å². The summed E-state index contributed by atoms with van der Waals surface area (Å²) in [7, 11) is 0. The lowest BCUT2D eigenvalue weighted by molar-refractivity contribution is -0.138. The fourth-order valence-electron chi connectivity index (χ4n) is 2.54. The van der Waals surface area contributed by atoms with E-state index in [0.29, 0.717) is 19.1 Å². The number of rotatable bonds is 10. The van der Waals surface area contributed by atoms with Crippen molar-refractivity contribution in [2.45, 2.75) is 45.7 Å². The maximum Gasteiger partial charge on any atom is 0.420 e. The summed E-state index contributed by atoms with van der Waals surface area (Å²) in [6.45, 7) is 4.32. The minimum absolute atomic E-state index is 0.105. The molecule has 31 heavy (non-hydrogen) atoms. The average molecular weight is 438 g/mol. The molecule has 0 aromatic heterocycles. The molecule has 0 bridgehead atoms. The van der Waals surface area contributed by atoms with Crippen molar-refractivity contribution in [3.05, 3.63) is 59.2 Å². The number of hydrogen-bond acceptors (Lipinski definition) is 5. The predicted molar refractivity (Wildman–Crippen MR) is 108 cm³/mol. The summed E-state index contributed by atoms with van der Waals surface area (Å²) in [5.74, 6) is -1.69. The molecular formula is C23H25F3O5. The van der Waals surface area contributed by atoms with Crippen molar-refractivity contribution in [3.8, 4) is 11.5 Å². The lowest BCUT2D eigenvalue weighted by Gasteiger charge is -2.15. The number of ether oxygens (including phenoxy) is 3. The summed E-state index contributed by atoms with van der Waals surface area (Å²) in [6.07, 6.45) is -1.69. The standard InChI is InChI=1S/C23H25F3O5/c1-3-5-13-29-21(27)16-7-10-18(11-8-16)31-20-12-9-17(15-19(20)23(24,25)26)22(28)30-14-6-4-2/h7-12,15H,3-6,13-14H2,1-2H3. The first-order valence-corrected chi connectivity index (χ1v) is 10.1. The highest BCUT2D eigenvalue weighted by atomic mass is 19.4. The van der Waals surface area contributed by atoms with E-state index in [4.69, 9.17) is 14.2 Å². The Balaban J connectivity index is 2.16. The molecule has 0 N–H and O–H groups in total. The minimum atomic E-state index is -4.74. The number of hydrogen-bond donors (Lipinski definition) is 0. The van der Waals surface area contributed by atoms with Gasteiger partial charge in [0.1, 0.15) is 11.5 Å². The Labute approximate surface area is 179 Å². The van der Waals surface area contributed by atoms with Gasteiger partial charge in [0.05, 0.1) is 29.9 Å². The molecule has 2 aromatic carbocycles. The van der Waals surface area contributed by atoms with Crippen LogP contribution in [0.2, 0.25) is 0 Å². The Bertz CT molecular complexity index is 876. The van der Waals surface area contributed by atoms with Gasteiger partial charge in [-0.1, -0.05) is 26.7 Å². The van der Waals surface area contributed by atoms with Gasteiger partial charge >= 0.3 is 18.1 Å². The molecule has 0 aliphatic rings. The Morgan fingerprint density at radius 3 is 1.84 bits per heavy atom. The van der Waals surface area contributed by atoms with Gasteiger partial charge in [-0.05, 0) is 55.3 Å². The van der Waals surface area contributed by atoms with Crippen molar-refractivity contribution in [3.63, 3.8) is 0 Å². The normalized spacial score (nSPS) is 11.1. The first kappa shape index (κ1) is 24.2. The van der Waals surface area contributed by atoms with E-state index in [1.807, 2.05) is 13.8 Å². The second-order valence-corrected chi connectivity index (χ2v) is 6.81. The fraction of sp³-hybridized carbons (Fsp3) is 0.391. The second-order valence-electron chi connectivity index (χ2n) is 6.81. The van der Waals surface area contributed by atoms with Crippen molar-refractivity contribution in [2.75, 3.05) is 13.2 Å². The van der Waals surface area contributed by atoms with E-state index in [2.05, 4.69) is 0 Å². The Hall–Kier alpha value is -3.03. The van der Waals surface area contributed by atoms with Gasteiger partial charge < -0.3 is 14.2 Å². The van der Waals surface area contributed by atoms with Gasteiger partial charge in [0.15, 0.2) is 0 Å². The van der Waals surface area contributed by atoms with Crippen LogP contribution in [0.3, 0.4) is 0 Å². The molecule has 8 heteroatoms. The molecule has 168 valence electrons. The average Bonchev–Trinajstić information content (AvgIpc) is 2.74. The van der Waals surface area contributed by atoms with Crippen LogP contribution in [-0.2, 0) is 15.7 Å². The zero-order chi connectivity index (χ0) is 22.9. The third-order valence-electron chi connectivity index (χ3n) is 4.30. The lowest BCUT2D eigenvalue weighted by Crippen LogP contribution is -2.11. The van der Waals surface area contributed by atoms with Crippen LogP contribution in [0.5, 0.6) is 11.5 Å². The molecular weight excluding hydrogens is 413 g/mol. The Kier molecular flexibility index (Phi) is 8.90. The van der Waals surface area contributed by atoms with E-state index in [-0.39, 0.29) is 23.5 Å². The molecule has 0 aliphatic carbocycles. The quantitative estimate of drug-likeness (QED) is 0.317. The largest absolute Gasteiger partial charge is 0.462 e. The summed E-state index contributed by atoms with van der Waals surface area (Å²) in [5, 5.41) is 0. The van der Waals surface area contributed by atoms with E-state index < -0.39 is 29.4 Å². The van der Waals surface area contributed by atoms with Gasteiger partial charge in [-0.15, -0.1) is 0 Å². The van der Waals surface area contributed by atoms with Crippen molar-refractivity contribution < 1.29 is 37.0 Å². The molecule has 0 fully saturated rings. The molecule has 2 aromatic rings. The number of benzene rings is 2. The highest BCUT2D eigenvalue weighted by molar-refractivity contribution is 5.90. The van der Waals surface area contributed by atoms with Crippen LogP contribution < -0.4 is 4.74 Å². The molecule has 2 rings (SSSR count). The summed E-state index contributed by atoms with van der Waals surface area (Å²) in [4.78, 5) is 23.9. The summed E-state index contributed by atoms with van der Waals surface area (Å²) < 4.78 is 56.0. The van der Waals surface area contributed by atoms with Gasteiger partial charge in [0.2, 0.25) is 0 Å². The molecule has 5 nitrogen and oxygen atoms in total. The third-order valence-corrected chi connectivity index (χ3v) is 4.30. The number of alkyl halides is 3. The Morgan fingerprint density at radius 1 is 0.806 bits per heavy atom. The number of unbranched alkanes of at least 4 members (excludes halogenated alkanes) is 2. The van der Waals surface area contributed by atoms with Crippen LogP contribution in [0.15, 0.2) is 42.5 Å². The van der Waals surface area contributed by atoms with Crippen molar-refractivity contribution >= 4 is 11.9 Å². The van der Waals surface area contributed by atoms with Crippen molar-refractivity contribution in [1.29, 1.82) is 0 Å². The molecule has 0 spiro atoms. The minimum Gasteiger partial charge on any atom is -0.462 e. The van der Waals surface area contributed by atoms with Gasteiger partial charge in [0.25, 0.3) is 0 Å². The molecule has 0 aliphatic heterocycles. The SMILES string of the molecule is CCCCOC(=O)c1ccc(Oc2ccc(C(=O)OCCCC)cc2C(F)(F)F)cc1. The molecule has 0 heterocycles. The predicted octanol–water partition coefficient (Wildman–Crippen LogP) is 6.41. The van der Waals surface area contributed by atoms with Crippen LogP contribution >= 0.6 is 0 Å². The summed E-state index contributed by atoms with van der Waals surface area (Å²) >= 11 is 0. The fourth-order valence-corrected chi connectivity index (χ4v) is 2.54. The monoisotopic (exact) mass is 438 g/mol. The Morgan fingerprint density at radius 2 is 1.32 bits per heavy atom. The highest BCUT2D eigenvalue weighted by Gasteiger charge is 2.35. The number of esters is 2. The van der Waals surface area contributed by atoms with E-state index in [1.54, 1.807) is 0 Å². The topological polar surface area (TPSA) is 61.8 Å². The maximum absolute atomic E-state index is 13.5. The number of carbonyl (C=O) groups is 2. The number of carbonyl (C=O) groups excluding carboxylic acids is 2. The smallest absolute Gasteiger partial charge is 0.420 e.